The summed E-state index contributed by atoms with van der Waals surface area (Å²) in [6, 6.07) is 0.289. The standard InChI is InChI=1S/C12H20N4O2/c1-12(2,3)11(17)18-8-16-7-10(14-15-16)9-5-4-6-13-9/h7,9,13H,4-6,8H2,1-3H3. The summed E-state index contributed by atoms with van der Waals surface area (Å²) in [6.07, 6.45) is 4.08. The first kappa shape index (κ1) is 13.0. The molecule has 0 amide bonds. The Kier molecular flexibility index (Phi) is 3.65. The van der Waals surface area contributed by atoms with Crippen LogP contribution in [0.15, 0.2) is 6.20 Å². The highest BCUT2D eigenvalue weighted by Crippen LogP contribution is 2.20. The van der Waals surface area contributed by atoms with Gasteiger partial charge in [-0.15, -0.1) is 5.10 Å². The van der Waals surface area contributed by atoms with Gasteiger partial charge in [-0.05, 0) is 40.2 Å². The number of carbonyl (C=O) groups is 1. The number of esters is 1. The van der Waals surface area contributed by atoms with Crippen LogP contribution in [0.25, 0.3) is 0 Å². The van der Waals surface area contributed by atoms with Crippen molar-refractivity contribution >= 4 is 5.97 Å². The first-order valence-electron chi connectivity index (χ1n) is 6.27. The molecule has 0 aliphatic carbocycles. The SMILES string of the molecule is CC(C)(C)C(=O)OCn1cc(C2CCCN2)nn1. The van der Waals surface area contributed by atoms with Crippen molar-refractivity contribution in [2.75, 3.05) is 6.54 Å². The minimum absolute atomic E-state index is 0.121. The number of hydrogen-bond acceptors (Lipinski definition) is 5. The maximum absolute atomic E-state index is 11.6. The lowest BCUT2D eigenvalue weighted by molar-refractivity contribution is -0.157. The van der Waals surface area contributed by atoms with Gasteiger partial charge in [0, 0.05) is 0 Å². The zero-order valence-electron chi connectivity index (χ0n) is 11.1. The van der Waals surface area contributed by atoms with Crippen LogP contribution >= 0.6 is 0 Å². The van der Waals surface area contributed by atoms with Gasteiger partial charge in [0.1, 0.15) is 0 Å². The fourth-order valence-electron chi connectivity index (χ4n) is 1.81. The van der Waals surface area contributed by atoms with Gasteiger partial charge in [-0.3, -0.25) is 4.79 Å². The number of aromatic nitrogens is 3. The topological polar surface area (TPSA) is 69.0 Å². The van der Waals surface area contributed by atoms with Gasteiger partial charge in [-0.1, -0.05) is 5.21 Å². The van der Waals surface area contributed by atoms with Gasteiger partial charge in [0.15, 0.2) is 6.73 Å². The molecule has 1 aliphatic rings. The molecule has 0 aromatic carbocycles. The van der Waals surface area contributed by atoms with Crippen molar-refractivity contribution < 1.29 is 9.53 Å². The highest BCUT2D eigenvalue weighted by molar-refractivity contribution is 5.75. The molecule has 100 valence electrons. The van der Waals surface area contributed by atoms with Crippen molar-refractivity contribution in [3.05, 3.63) is 11.9 Å². The molecule has 1 aromatic rings. The predicted octanol–water partition coefficient (Wildman–Crippen LogP) is 1.25. The maximum Gasteiger partial charge on any atom is 0.313 e. The van der Waals surface area contributed by atoms with Crippen molar-refractivity contribution in [2.45, 2.75) is 46.4 Å². The molecule has 0 radical (unpaired) electrons. The Morgan fingerprint density at radius 2 is 2.39 bits per heavy atom. The van der Waals surface area contributed by atoms with E-state index >= 15 is 0 Å². The normalized spacial score (nSPS) is 20.1. The smallest absolute Gasteiger partial charge is 0.313 e. The van der Waals surface area contributed by atoms with E-state index in [1.165, 1.54) is 0 Å². The number of rotatable bonds is 3. The van der Waals surface area contributed by atoms with Crippen LogP contribution in [0.1, 0.15) is 45.3 Å². The van der Waals surface area contributed by atoms with Gasteiger partial charge >= 0.3 is 5.97 Å². The summed E-state index contributed by atoms with van der Waals surface area (Å²) in [5.41, 5.74) is 0.426. The summed E-state index contributed by atoms with van der Waals surface area (Å²) < 4.78 is 6.72. The molecule has 0 spiro atoms. The van der Waals surface area contributed by atoms with Crippen LogP contribution in [0.5, 0.6) is 0 Å². The molecule has 1 fully saturated rings. The van der Waals surface area contributed by atoms with Gasteiger partial charge in [0.2, 0.25) is 0 Å². The van der Waals surface area contributed by atoms with E-state index in [9.17, 15) is 4.79 Å². The molecule has 1 aromatic heterocycles. The maximum atomic E-state index is 11.6. The molecular formula is C12H20N4O2. The first-order valence-corrected chi connectivity index (χ1v) is 6.27. The summed E-state index contributed by atoms with van der Waals surface area (Å²) in [6.45, 7) is 6.62. The first-order chi connectivity index (χ1) is 8.47. The van der Waals surface area contributed by atoms with E-state index in [4.69, 9.17) is 4.74 Å². The van der Waals surface area contributed by atoms with Crippen LogP contribution in [-0.4, -0.2) is 27.5 Å². The van der Waals surface area contributed by atoms with E-state index in [1.54, 1.807) is 4.68 Å². The molecule has 2 heterocycles. The Hall–Kier alpha value is -1.43. The van der Waals surface area contributed by atoms with Crippen LogP contribution < -0.4 is 5.32 Å². The average molecular weight is 252 g/mol. The average Bonchev–Trinajstić information content (AvgIpc) is 2.94. The quantitative estimate of drug-likeness (QED) is 0.820. The zero-order chi connectivity index (χ0) is 13.2. The molecule has 0 saturated carbocycles. The molecule has 2 rings (SSSR count). The molecule has 6 nitrogen and oxygen atoms in total. The second-order valence-electron chi connectivity index (χ2n) is 5.64. The van der Waals surface area contributed by atoms with Crippen molar-refractivity contribution in [3.8, 4) is 0 Å². The van der Waals surface area contributed by atoms with Crippen molar-refractivity contribution in [1.29, 1.82) is 0 Å². The minimum atomic E-state index is -0.490. The molecule has 1 saturated heterocycles. The summed E-state index contributed by atoms with van der Waals surface area (Å²) >= 11 is 0. The summed E-state index contributed by atoms with van der Waals surface area (Å²) in [5, 5.41) is 11.4. The van der Waals surface area contributed by atoms with E-state index in [2.05, 4.69) is 15.6 Å². The monoisotopic (exact) mass is 252 g/mol. The lowest BCUT2D eigenvalue weighted by atomic mass is 9.98. The largest absolute Gasteiger partial charge is 0.442 e. The molecular weight excluding hydrogens is 232 g/mol. The molecule has 1 N–H and O–H groups in total. The van der Waals surface area contributed by atoms with Gasteiger partial charge in [0.05, 0.1) is 23.3 Å². The van der Waals surface area contributed by atoms with Gasteiger partial charge in [0.25, 0.3) is 0 Å². The van der Waals surface area contributed by atoms with E-state index in [0.717, 1.165) is 25.1 Å². The summed E-state index contributed by atoms with van der Waals surface area (Å²) in [4.78, 5) is 11.6. The highest BCUT2D eigenvalue weighted by Gasteiger charge is 2.23. The van der Waals surface area contributed by atoms with E-state index in [1.807, 2.05) is 27.0 Å². The van der Waals surface area contributed by atoms with Crippen LogP contribution in [0.2, 0.25) is 0 Å². The minimum Gasteiger partial charge on any atom is -0.442 e. The van der Waals surface area contributed by atoms with Gasteiger partial charge < -0.3 is 10.1 Å². The predicted molar refractivity (Wildman–Crippen MR) is 65.5 cm³/mol. The molecule has 1 unspecified atom stereocenters. The molecule has 0 bridgehead atoms. The molecule has 6 heteroatoms. The van der Waals surface area contributed by atoms with E-state index < -0.39 is 5.41 Å². The van der Waals surface area contributed by atoms with Crippen LogP contribution in [0, 0.1) is 5.41 Å². The number of nitrogens with zero attached hydrogens (tertiary/aromatic N) is 3. The fraction of sp³-hybridized carbons (Fsp3) is 0.750. The van der Waals surface area contributed by atoms with Crippen LogP contribution in [0.4, 0.5) is 0 Å². The lowest BCUT2D eigenvalue weighted by Crippen LogP contribution is -2.24. The van der Waals surface area contributed by atoms with E-state index in [-0.39, 0.29) is 18.7 Å². The second-order valence-corrected chi connectivity index (χ2v) is 5.64. The summed E-state index contributed by atoms with van der Waals surface area (Å²) in [5.74, 6) is -0.237. The second kappa shape index (κ2) is 5.06. The highest BCUT2D eigenvalue weighted by atomic mass is 16.5. The number of nitrogens with one attached hydrogen (secondary N) is 1. The Balaban J connectivity index is 1.89. The van der Waals surface area contributed by atoms with Crippen molar-refractivity contribution in [3.63, 3.8) is 0 Å². The lowest BCUT2D eigenvalue weighted by Gasteiger charge is -2.16. The Bertz CT molecular complexity index is 416. The van der Waals surface area contributed by atoms with Gasteiger partial charge in [-0.25, -0.2) is 4.68 Å². The molecule has 1 atom stereocenters. The van der Waals surface area contributed by atoms with Crippen molar-refractivity contribution in [1.82, 2.24) is 20.3 Å². The number of ether oxygens (including phenoxy) is 1. The van der Waals surface area contributed by atoms with Gasteiger partial charge in [-0.2, -0.15) is 0 Å². The third-order valence-electron chi connectivity index (χ3n) is 2.91. The number of hydrogen-bond donors (Lipinski definition) is 1. The van der Waals surface area contributed by atoms with E-state index in [0.29, 0.717) is 0 Å². The van der Waals surface area contributed by atoms with Crippen molar-refractivity contribution in [2.24, 2.45) is 5.41 Å². The van der Waals surface area contributed by atoms with Crippen LogP contribution in [-0.2, 0) is 16.3 Å². The Morgan fingerprint density at radius 3 is 3.00 bits per heavy atom. The fourth-order valence-corrected chi connectivity index (χ4v) is 1.81. The Morgan fingerprint density at radius 1 is 1.61 bits per heavy atom. The Labute approximate surface area is 107 Å². The molecule has 1 aliphatic heterocycles. The third kappa shape index (κ3) is 3.07. The number of carbonyl (C=O) groups excluding carboxylic acids is 1. The van der Waals surface area contributed by atoms with Crippen LogP contribution in [0.3, 0.4) is 0 Å². The zero-order valence-corrected chi connectivity index (χ0v) is 11.1. The third-order valence-corrected chi connectivity index (χ3v) is 2.91. The summed E-state index contributed by atoms with van der Waals surface area (Å²) in [7, 11) is 0. The molecule has 18 heavy (non-hydrogen) atoms.